The number of aromatic nitrogens is 2. The lowest BCUT2D eigenvalue weighted by molar-refractivity contribution is 0.0946. The number of carbonyl (C=O) groups excluding carboxylic acids is 1. The van der Waals surface area contributed by atoms with Crippen molar-refractivity contribution in [2.75, 3.05) is 12.3 Å². The molecule has 0 saturated carbocycles. The van der Waals surface area contributed by atoms with E-state index in [9.17, 15) is 4.79 Å². The van der Waals surface area contributed by atoms with Crippen LogP contribution in [0.25, 0.3) is 0 Å². The van der Waals surface area contributed by atoms with E-state index >= 15 is 0 Å². The number of anilines is 1. The Morgan fingerprint density at radius 3 is 3.00 bits per heavy atom. The van der Waals surface area contributed by atoms with Crippen molar-refractivity contribution in [3.63, 3.8) is 0 Å². The summed E-state index contributed by atoms with van der Waals surface area (Å²) >= 11 is 0. The normalized spacial score (nSPS) is 9.20. The molecule has 0 aliphatic rings. The van der Waals surface area contributed by atoms with Crippen molar-refractivity contribution in [3.8, 4) is 11.8 Å². The molecule has 3 N–H and O–H groups in total. The Labute approximate surface area is 88.6 Å². The number of hydrogen-bond donors (Lipinski definition) is 2. The van der Waals surface area contributed by atoms with E-state index in [-0.39, 0.29) is 5.91 Å². The van der Waals surface area contributed by atoms with E-state index < -0.39 is 0 Å². The first kappa shape index (κ1) is 11.1. The van der Waals surface area contributed by atoms with Gasteiger partial charge in [0.05, 0.1) is 11.9 Å². The Bertz CT molecular complexity index is 391. The minimum atomic E-state index is -0.217. The van der Waals surface area contributed by atoms with E-state index in [1.54, 1.807) is 14.0 Å². The lowest BCUT2D eigenvalue weighted by Crippen LogP contribution is -2.27. The molecule has 80 valence electrons. The number of nitrogens with zero attached hydrogens (tertiary/aromatic N) is 2. The molecule has 5 nitrogen and oxygen atoms in total. The van der Waals surface area contributed by atoms with Gasteiger partial charge in [-0.25, -0.2) is 0 Å². The molecule has 0 aliphatic heterocycles. The quantitative estimate of drug-likeness (QED) is 0.546. The number of amides is 1. The van der Waals surface area contributed by atoms with Crippen molar-refractivity contribution < 1.29 is 4.79 Å². The number of carbonyl (C=O) groups is 1. The molecular weight excluding hydrogens is 192 g/mol. The second kappa shape index (κ2) is 5.05. The number of nitrogens with two attached hydrogens (primary N) is 1. The summed E-state index contributed by atoms with van der Waals surface area (Å²) in [5.41, 5.74) is 6.37. The van der Waals surface area contributed by atoms with Crippen molar-refractivity contribution in [1.82, 2.24) is 15.1 Å². The predicted molar refractivity (Wildman–Crippen MR) is 58.0 cm³/mol. The molecule has 15 heavy (non-hydrogen) atoms. The molecular formula is C10H14N4O. The van der Waals surface area contributed by atoms with Crippen LogP contribution in [0.3, 0.4) is 0 Å². The monoisotopic (exact) mass is 206 g/mol. The van der Waals surface area contributed by atoms with E-state index in [0.717, 1.165) is 0 Å². The second-order valence-electron chi connectivity index (χ2n) is 3.00. The fourth-order valence-corrected chi connectivity index (χ4v) is 1.18. The Kier molecular flexibility index (Phi) is 3.75. The Morgan fingerprint density at radius 2 is 2.47 bits per heavy atom. The molecule has 1 rings (SSSR count). The molecule has 1 heterocycles. The maximum absolute atomic E-state index is 11.6. The molecule has 1 amide bonds. The third-order valence-corrected chi connectivity index (χ3v) is 1.89. The van der Waals surface area contributed by atoms with Gasteiger partial charge in [-0.15, -0.1) is 11.8 Å². The lowest BCUT2D eigenvalue weighted by atomic mass is 10.3. The SMILES string of the molecule is CC#CCCNC(=O)c1c(N)cnn1C. The van der Waals surface area contributed by atoms with Crippen molar-refractivity contribution in [2.45, 2.75) is 13.3 Å². The highest BCUT2D eigenvalue weighted by Crippen LogP contribution is 2.08. The van der Waals surface area contributed by atoms with E-state index in [0.29, 0.717) is 24.3 Å². The van der Waals surface area contributed by atoms with Crippen LogP contribution < -0.4 is 11.1 Å². The summed E-state index contributed by atoms with van der Waals surface area (Å²) in [7, 11) is 1.68. The second-order valence-corrected chi connectivity index (χ2v) is 3.00. The minimum Gasteiger partial charge on any atom is -0.396 e. The van der Waals surface area contributed by atoms with Crippen LogP contribution in [-0.4, -0.2) is 22.2 Å². The number of aryl methyl sites for hydroxylation is 1. The molecule has 5 heteroatoms. The van der Waals surface area contributed by atoms with Gasteiger partial charge in [-0.1, -0.05) is 0 Å². The fourth-order valence-electron chi connectivity index (χ4n) is 1.18. The molecule has 1 aromatic rings. The largest absolute Gasteiger partial charge is 0.396 e. The summed E-state index contributed by atoms with van der Waals surface area (Å²) in [4.78, 5) is 11.6. The van der Waals surface area contributed by atoms with Crippen LogP contribution in [0.15, 0.2) is 6.20 Å². The molecule has 0 spiro atoms. The van der Waals surface area contributed by atoms with Crippen LogP contribution in [0.5, 0.6) is 0 Å². The summed E-state index contributed by atoms with van der Waals surface area (Å²) in [6, 6.07) is 0. The van der Waals surface area contributed by atoms with Crippen molar-refractivity contribution in [1.29, 1.82) is 0 Å². The van der Waals surface area contributed by atoms with Crippen molar-refractivity contribution in [2.24, 2.45) is 7.05 Å². The highest BCUT2D eigenvalue weighted by Gasteiger charge is 2.13. The van der Waals surface area contributed by atoms with Crippen molar-refractivity contribution in [3.05, 3.63) is 11.9 Å². The summed E-state index contributed by atoms with van der Waals surface area (Å²) in [6.07, 6.45) is 2.10. The number of rotatable bonds is 3. The average molecular weight is 206 g/mol. The lowest BCUT2D eigenvalue weighted by Gasteiger charge is -2.03. The van der Waals surface area contributed by atoms with Gasteiger partial charge in [0.25, 0.3) is 5.91 Å². The Morgan fingerprint density at radius 1 is 1.73 bits per heavy atom. The third kappa shape index (κ3) is 2.74. The highest BCUT2D eigenvalue weighted by atomic mass is 16.2. The van der Waals surface area contributed by atoms with Crippen LogP contribution in [0, 0.1) is 11.8 Å². The summed E-state index contributed by atoms with van der Waals surface area (Å²) in [5, 5.41) is 6.60. The molecule has 0 atom stereocenters. The predicted octanol–water partition coefficient (Wildman–Crippen LogP) is 0.145. The summed E-state index contributed by atoms with van der Waals surface area (Å²) in [5.74, 6) is 5.40. The summed E-state index contributed by atoms with van der Waals surface area (Å²) in [6.45, 7) is 2.28. The smallest absolute Gasteiger partial charge is 0.271 e. The van der Waals surface area contributed by atoms with Gasteiger partial charge in [0.1, 0.15) is 5.69 Å². The number of nitrogens with one attached hydrogen (secondary N) is 1. The summed E-state index contributed by atoms with van der Waals surface area (Å²) < 4.78 is 1.45. The standard InChI is InChI=1S/C10H14N4O/c1-3-4-5-6-12-10(15)9-8(11)7-13-14(9)2/h7H,5-6,11H2,1-2H3,(H,12,15). The number of hydrogen-bond acceptors (Lipinski definition) is 3. The number of nitrogen functional groups attached to an aromatic ring is 1. The zero-order chi connectivity index (χ0) is 11.3. The topological polar surface area (TPSA) is 72.9 Å². The first-order chi connectivity index (χ1) is 7.16. The minimum absolute atomic E-state index is 0.217. The van der Waals surface area contributed by atoms with Gasteiger partial charge in [-0.2, -0.15) is 5.10 Å². The Hall–Kier alpha value is -1.96. The molecule has 0 bridgehead atoms. The van der Waals surface area contributed by atoms with E-state index in [2.05, 4.69) is 22.3 Å². The van der Waals surface area contributed by atoms with E-state index in [1.807, 2.05) is 0 Å². The molecule has 0 fully saturated rings. The first-order valence-corrected chi connectivity index (χ1v) is 4.62. The van der Waals surface area contributed by atoms with Crippen LogP contribution in [0.1, 0.15) is 23.8 Å². The molecule has 0 saturated heterocycles. The molecule has 0 unspecified atom stereocenters. The average Bonchev–Trinajstić information content (AvgIpc) is 2.53. The van der Waals surface area contributed by atoms with Gasteiger partial charge in [0, 0.05) is 20.0 Å². The molecule has 1 aromatic heterocycles. The van der Waals surface area contributed by atoms with Gasteiger partial charge in [0.2, 0.25) is 0 Å². The van der Waals surface area contributed by atoms with E-state index in [4.69, 9.17) is 5.73 Å². The first-order valence-electron chi connectivity index (χ1n) is 4.62. The highest BCUT2D eigenvalue weighted by molar-refractivity contribution is 5.97. The van der Waals surface area contributed by atoms with Crippen LogP contribution in [-0.2, 0) is 7.05 Å². The molecule has 0 aliphatic carbocycles. The zero-order valence-corrected chi connectivity index (χ0v) is 8.87. The van der Waals surface area contributed by atoms with Crippen LogP contribution >= 0.6 is 0 Å². The van der Waals surface area contributed by atoms with Gasteiger partial charge < -0.3 is 11.1 Å². The van der Waals surface area contributed by atoms with Crippen molar-refractivity contribution >= 4 is 11.6 Å². The van der Waals surface area contributed by atoms with Gasteiger partial charge >= 0.3 is 0 Å². The van der Waals surface area contributed by atoms with E-state index in [1.165, 1.54) is 10.9 Å². The Balaban J connectivity index is 2.56. The van der Waals surface area contributed by atoms with Gasteiger partial charge in [0.15, 0.2) is 0 Å². The molecule has 0 radical (unpaired) electrons. The molecule has 0 aromatic carbocycles. The fraction of sp³-hybridized carbons (Fsp3) is 0.400. The van der Waals surface area contributed by atoms with Gasteiger partial charge in [-0.3, -0.25) is 9.48 Å². The zero-order valence-electron chi connectivity index (χ0n) is 8.87. The van der Waals surface area contributed by atoms with Crippen LogP contribution in [0.2, 0.25) is 0 Å². The third-order valence-electron chi connectivity index (χ3n) is 1.89. The van der Waals surface area contributed by atoms with Gasteiger partial charge in [-0.05, 0) is 6.92 Å². The maximum Gasteiger partial charge on any atom is 0.271 e. The maximum atomic E-state index is 11.6. The van der Waals surface area contributed by atoms with Crippen LogP contribution in [0.4, 0.5) is 5.69 Å².